The number of carbonyl (C=O) groups excluding carboxylic acids is 2. The number of aliphatic imine (C=N–C) groups is 1. The lowest BCUT2D eigenvalue weighted by atomic mass is 10.1. The summed E-state index contributed by atoms with van der Waals surface area (Å²) in [5, 5.41) is 3.27. The van der Waals surface area contributed by atoms with Crippen molar-refractivity contribution in [3.05, 3.63) is 88.8 Å². The maximum Gasteiger partial charge on any atom is 0.343 e. The Kier molecular flexibility index (Phi) is 6.75. The van der Waals surface area contributed by atoms with Crippen LogP contribution in [0.4, 0.5) is 5.69 Å². The third-order valence-corrected chi connectivity index (χ3v) is 5.56. The van der Waals surface area contributed by atoms with E-state index in [1.807, 2.05) is 30.3 Å². The van der Waals surface area contributed by atoms with Gasteiger partial charge in [0.25, 0.3) is 5.91 Å². The van der Waals surface area contributed by atoms with Gasteiger partial charge in [-0.3, -0.25) is 4.79 Å². The lowest BCUT2D eigenvalue weighted by Gasteiger charge is -2.10. The predicted octanol–water partition coefficient (Wildman–Crippen LogP) is 4.81. The molecule has 1 fully saturated rings. The Balaban J connectivity index is 1.50. The van der Waals surface area contributed by atoms with E-state index in [-0.39, 0.29) is 11.7 Å². The summed E-state index contributed by atoms with van der Waals surface area (Å²) in [6, 6.07) is 21.1. The zero-order valence-electron chi connectivity index (χ0n) is 17.9. The van der Waals surface area contributed by atoms with E-state index in [2.05, 4.69) is 10.3 Å². The fourth-order valence-electron chi connectivity index (χ4n) is 3.00. The Morgan fingerprint density at radius 1 is 0.939 bits per heavy atom. The number of nitrogens with one attached hydrogen (secondary N) is 1. The van der Waals surface area contributed by atoms with Crippen molar-refractivity contribution in [1.82, 2.24) is 5.32 Å². The van der Waals surface area contributed by atoms with Gasteiger partial charge in [-0.25, -0.2) is 9.79 Å². The molecule has 0 radical (unpaired) electrons. The van der Waals surface area contributed by atoms with Crippen LogP contribution < -0.4 is 19.5 Å². The molecule has 7 nitrogen and oxygen atoms in total. The molecule has 0 bridgehead atoms. The fraction of sp³-hybridized carbons (Fsp3) is 0.0800. The minimum absolute atomic E-state index is 0.233. The van der Waals surface area contributed by atoms with Gasteiger partial charge in [-0.1, -0.05) is 24.3 Å². The van der Waals surface area contributed by atoms with Crippen LogP contribution in [0.15, 0.2) is 82.7 Å². The summed E-state index contributed by atoms with van der Waals surface area (Å²) in [5.41, 5.74) is 1.86. The third-order valence-electron chi connectivity index (χ3n) is 4.65. The molecule has 1 amide bonds. The summed E-state index contributed by atoms with van der Waals surface area (Å²) in [7, 11) is 3.04. The number of amides is 1. The molecule has 0 unspecified atom stereocenters. The van der Waals surface area contributed by atoms with E-state index in [4.69, 9.17) is 14.2 Å². The van der Waals surface area contributed by atoms with Crippen molar-refractivity contribution in [2.45, 2.75) is 0 Å². The third kappa shape index (κ3) is 5.42. The van der Waals surface area contributed by atoms with E-state index >= 15 is 0 Å². The minimum atomic E-state index is -0.519. The molecule has 3 aromatic carbocycles. The van der Waals surface area contributed by atoms with Crippen LogP contribution in [0, 0.1) is 0 Å². The van der Waals surface area contributed by atoms with E-state index in [0.29, 0.717) is 27.1 Å². The summed E-state index contributed by atoms with van der Waals surface area (Å²) >= 11 is 1.25. The number of para-hydroxylation sites is 1. The van der Waals surface area contributed by atoms with Gasteiger partial charge in [0.1, 0.15) is 5.75 Å². The summed E-state index contributed by atoms with van der Waals surface area (Å²) in [6.45, 7) is 0. The highest BCUT2D eigenvalue weighted by Gasteiger charge is 2.24. The molecule has 1 heterocycles. The van der Waals surface area contributed by atoms with Gasteiger partial charge in [0.15, 0.2) is 16.7 Å². The molecular weight excluding hydrogens is 440 g/mol. The van der Waals surface area contributed by atoms with Crippen LogP contribution in [-0.2, 0) is 4.79 Å². The molecule has 33 heavy (non-hydrogen) atoms. The molecule has 0 spiro atoms. The molecule has 1 aliphatic rings. The van der Waals surface area contributed by atoms with E-state index in [1.165, 1.54) is 18.9 Å². The Morgan fingerprint density at radius 3 is 2.39 bits per heavy atom. The Labute approximate surface area is 195 Å². The Bertz CT molecular complexity index is 1240. The maximum absolute atomic E-state index is 12.5. The van der Waals surface area contributed by atoms with Gasteiger partial charge in [0.2, 0.25) is 0 Å². The molecule has 0 saturated carbocycles. The van der Waals surface area contributed by atoms with Crippen LogP contribution in [0.25, 0.3) is 6.08 Å². The highest BCUT2D eigenvalue weighted by atomic mass is 32.2. The molecule has 0 aliphatic carbocycles. The summed E-state index contributed by atoms with van der Waals surface area (Å²) in [6.07, 6.45) is 1.73. The summed E-state index contributed by atoms with van der Waals surface area (Å²) in [4.78, 5) is 29.8. The molecule has 166 valence electrons. The number of amidine groups is 1. The SMILES string of the molecule is COc1ccc(C(=O)Oc2ccc(C=C3SC(=Nc4ccccc4)NC3=O)cc2OC)cc1. The molecule has 0 atom stereocenters. The van der Waals surface area contributed by atoms with E-state index in [0.717, 1.165) is 11.3 Å². The Morgan fingerprint density at radius 2 is 1.70 bits per heavy atom. The maximum atomic E-state index is 12.5. The standard InChI is InChI=1S/C25H20N2O5S/c1-30-19-11-9-17(10-12-19)24(29)32-20-13-8-16(14-21(20)31-2)15-22-23(28)27-25(33-22)26-18-6-4-3-5-7-18/h3-15H,1-2H3,(H,26,27,28). The largest absolute Gasteiger partial charge is 0.497 e. The Hall–Kier alpha value is -4.04. The number of esters is 1. The van der Waals surface area contributed by atoms with Gasteiger partial charge in [0.05, 0.1) is 30.4 Å². The van der Waals surface area contributed by atoms with Gasteiger partial charge >= 0.3 is 5.97 Å². The molecule has 0 aromatic heterocycles. The normalized spacial score (nSPS) is 15.4. The number of ether oxygens (including phenoxy) is 3. The number of nitrogens with zero attached hydrogens (tertiary/aromatic N) is 1. The van der Waals surface area contributed by atoms with Crippen molar-refractivity contribution < 1.29 is 23.8 Å². The van der Waals surface area contributed by atoms with Gasteiger partial charge in [-0.2, -0.15) is 0 Å². The molecular formula is C25H20N2O5S. The number of carbonyl (C=O) groups is 2. The van der Waals surface area contributed by atoms with Crippen LogP contribution in [-0.4, -0.2) is 31.3 Å². The second-order valence-electron chi connectivity index (χ2n) is 6.85. The van der Waals surface area contributed by atoms with Crippen LogP contribution in [0.2, 0.25) is 0 Å². The van der Waals surface area contributed by atoms with Crippen molar-refractivity contribution in [1.29, 1.82) is 0 Å². The summed E-state index contributed by atoms with van der Waals surface area (Å²) in [5.74, 6) is 0.536. The molecule has 4 rings (SSSR count). The molecule has 1 saturated heterocycles. The molecule has 3 aromatic rings. The highest BCUT2D eigenvalue weighted by Crippen LogP contribution is 2.32. The predicted molar refractivity (Wildman–Crippen MR) is 128 cm³/mol. The van der Waals surface area contributed by atoms with E-state index in [9.17, 15) is 9.59 Å². The highest BCUT2D eigenvalue weighted by molar-refractivity contribution is 8.18. The first kappa shape index (κ1) is 22.2. The van der Waals surface area contributed by atoms with Gasteiger partial charge < -0.3 is 19.5 Å². The number of rotatable bonds is 6. The number of thioether (sulfide) groups is 1. The van der Waals surface area contributed by atoms with Crippen LogP contribution in [0.1, 0.15) is 15.9 Å². The second kappa shape index (κ2) is 10.1. The fourth-order valence-corrected chi connectivity index (χ4v) is 3.84. The quantitative estimate of drug-likeness (QED) is 0.323. The average Bonchev–Trinajstić information content (AvgIpc) is 3.18. The molecule has 8 heteroatoms. The van der Waals surface area contributed by atoms with Gasteiger partial charge in [-0.15, -0.1) is 0 Å². The van der Waals surface area contributed by atoms with Crippen molar-refractivity contribution in [3.63, 3.8) is 0 Å². The first-order chi connectivity index (χ1) is 16.1. The van der Waals surface area contributed by atoms with E-state index < -0.39 is 5.97 Å². The van der Waals surface area contributed by atoms with Crippen LogP contribution in [0.3, 0.4) is 0 Å². The second-order valence-corrected chi connectivity index (χ2v) is 7.88. The number of hydrogen-bond donors (Lipinski definition) is 1. The van der Waals surface area contributed by atoms with Gasteiger partial charge in [-0.05, 0) is 71.9 Å². The number of benzene rings is 3. The van der Waals surface area contributed by atoms with Crippen molar-refractivity contribution in [2.75, 3.05) is 14.2 Å². The summed E-state index contributed by atoms with van der Waals surface area (Å²) < 4.78 is 16.0. The monoisotopic (exact) mass is 460 g/mol. The lowest BCUT2D eigenvalue weighted by Crippen LogP contribution is -2.19. The van der Waals surface area contributed by atoms with Crippen LogP contribution >= 0.6 is 11.8 Å². The number of methoxy groups -OCH3 is 2. The first-order valence-electron chi connectivity index (χ1n) is 9.94. The van der Waals surface area contributed by atoms with Crippen LogP contribution in [0.5, 0.6) is 17.2 Å². The zero-order valence-corrected chi connectivity index (χ0v) is 18.7. The molecule has 1 N–H and O–H groups in total. The topological polar surface area (TPSA) is 86.2 Å². The minimum Gasteiger partial charge on any atom is -0.497 e. The van der Waals surface area contributed by atoms with Gasteiger partial charge in [0, 0.05) is 0 Å². The number of hydrogen-bond acceptors (Lipinski definition) is 7. The zero-order chi connectivity index (χ0) is 23.2. The van der Waals surface area contributed by atoms with Crippen molar-refractivity contribution in [3.8, 4) is 17.2 Å². The van der Waals surface area contributed by atoms with E-state index in [1.54, 1.807) is 55.7 Å². The average molecular weight is 461 g/mol. The smallest absolute Gasteiger partial charge is 0.343 e. The van der Waals surface area contributed by atoms with Crippen molar-refractivity contribution >= 4 is 40.6 Å². The van der Waals surface area contributed by atoms with Crippen molar-refractivity contribution in [2.24, 2.45) is 4.99 Å². The molecule has 1 aliphatic heterocycles. The first-order valence-corrected chi connectivity index (χ1v) is 10.8. The lowest BCUT2D eigenvalue weighted by molar-refractivity contribution is -0.115.